The number of hydrogen-bond donors (Lipinski definition) is 0. The average molecular weight is 217 g/mol. The maximum Gasteiger partial charge on any atom is 0.126 e. The minimum absolute atomic E-state index is 0.145. The van der Waals surface area contributed by atoms with Crippen LogP contribution >= 0.6 is 0 Å². The number of benzene rings is 1. The van der Waals surface area contributed by atoms with E-state index >= 15 is 0 Å². The van der Waals surface area contributed by atoms with Gasteiger partial charge < -0.3 is 4.74 Å². The lowest BCUT2D eigenvalue weighted by Gasteiger charge is -2.11. The van der Waals surface area contributed by atoms with Crippen molar-refractivity contribution < 1.29 is 4.74 Å². The summed E-state index contributed by atoms with van der Waals surface area (Å²) < 4.78 is 5.65. The van der Waals surface area contributed by atoms with E-state index in [1.165, 1.54) is 0 Å². The van der Waals surface area contributed by atoms with E-state index < -0.39 is 0 Å². The Hall–Kier alpha value is -1.93. The molecule has 1 aromatic carbocycles. The number of nitrogens with zero attached hydrogens (tertiary/aromatic N) is 3. The van der Waals surface area contributed by atoms with Gasteiger partial charge >= 0.3 is 0 Å². The molecule has 0 fully saturated rings. The van der Waals surface area contributed by atoms with Gasteiger partial charge in [-0.25, -0.2) is 0 Å². The van der Waals surface area contributed by atoms with Gasteiger partial charge in [0.15, 0.2) is 0 Å². The first kappa shape index (κ1) is 12.1. The van der Waals surface area contributed by atoms with Crippen LogP contribution in [0, 0.1) is 0 Å². The van der Waals surface area contributed by atoms with E-state index in [2.05, 4.69) is 10.0 Å². The summed E-state index contributed by atoms with van der Waals surface area (Å²) in [5.41, 5.74) is 9.13. The van der Waals surface area contributed by atoms with Crippen LogP contribution in [0.3, 0.4) is 0 Å². The van der Waals surface area contributed by atoms with Crippen molar-refractivity contribution >= 4 is 6.08 Å². The summed E-state index contributed by atoms with van der Waals surface area (Å²) in [6, 6.07) is 7.76. The van der Waals surface area contributed by atoms with Gasteiger partial charge in [0.05, 0.1) is 6.10 Å². The third-order valence-electron chi connectivity index (χ3n) is 1.83. The van der Waals surface area contributed by atoms with Crippen molar-refractivity contribution in [2.45, 2.75) is 20.0 Å². The second kappa shape index (κ2) is 6.53. The number of azide groups is 1. The third-order valence-corrected chi connectivity index (χ3v) is 1.83. The van der Waals surface area contributed by atoms with Crippen molar-refractivity contribution in [3.8, 4) is 5.75 Å². The zero-order valence-corrected chi connectivity index (χ0v) is 9.50. The fourth-order valence-electron chi connectivity index (χ4n) is 1.24. The molecule has 0 bridgehead atoms. The van der Waals surface area contributed by atoms with Crippen LogP contribution in [0.1, 0.15) is 19.4 Å². The van der Waals surface area contributed by atoms with E-state index in [9.17, 15) is 0 Å². The second-order valence-electron chi connectivity index (χ2n) is 3.52. The summed E-state index contributed by atoms with van der Waals surface area (Å²) in [6.45, 7) is 4.33. The lowest BCUT2D eigenvalue weighted by molar-refractivity contribution is 0.242. The topological polar surface area (TPSA) is 58.0 Å². The van der Waals surface area contributed by atoms with Gasteiger partial charge in [0, 0.05) is 17.0 Å². The van der Waals surface area contributed by atoms with Gasteiger partial charge in [-0.1, -0.05) is 35.5 Å². The molecule has 0 N–H and O–H groups in total. The molecule has 0 spiro atoms. The standard InChI is InChI=1S/C12H15N3O/c1-10(2)16-12-8-4-3-6-11(12)7-5-9-14-15-13/h3-8,10H,9H2,1-2H3. The Labute approximate surface area is 95.2 Å². The molecular formula is C12H15N3O. The van der Waals surface area contributed by atoms with Gasteiger partial charge in [-0.15, -0.1) is 0 Å². The molecule has 0 radical (unpaired) electrons. The fraction of sp³-hybridized carbons (Fsp3) is 0.333. The van der Waals surface area contributed by atoms with Crippen molar-refractivity contribution in [2.75, 3.05) is 6.54 Å². The lowest BCUT2D eigenvalue weighted by atomic mass is 10.2. The molecule has 1 rings (SSSR count). The van der Waals surface area contributed by atoms with E-state index in [4.69, 9.17) is 10.3 Å². The van der Waals surface area contributed by atoms with Crippen molar-refractivity contribution in [3.05, 3.63) is 46.3 Å². The average Bonchev–Trinajstić information content (AvgIpc) is 2.26. The monoisotopic (exact) mass is 217 g/mol. The van der Waals surface area contributed by atoms with Crippen molar-refractivity contribution in [1.29, 1.82) is 0 Å². The first-order valence-electron chi connectivity index (χ1n) is 5.17. The molecule has 0 aromatic heterocycles. The Kier molecular flexibility index (Phi) is 4.96. The fourth-order valence-corrected chi connectivity index (χ4v) is 1.24. The normalized spacial score (nSPS) is 10.4. The molecule has 4 nitrogen and oxygen atoms in total. The molecule has 0 heterocycles. The zero-order chi connectivity index (χ0) is 11.8. The highest BCUT2D eigenvalue weighted by Crippen LogP contribution is 2.20. The van der Waals surface area contributed by atoms with E-state index in [-0.39, 0.29) is 6.10 Å². The first-order valence-corrected chi connectivity index (χ1v) is 5.17. The van der Waals surface area contributed by atoms with Crippen LogP contribution in [-0.4, -0.2) is 12.6 Å². The van der Waals surface area contributed by atoms with Crippen LogP contribution in [0.25, 0.3) is 16.5 Å². The number of hydrogen-bond acceptors (Lipinski definition) is 2. The van der Waals surface area contributed by atoms with Crippen molar-refractivity contribution in [3.63, 3.8) is 0 Å². The molecule has 84 valence electrons. The molecule has 0 saturated heterocycles. The summed E-state index contributed by atoms with van der Waals surface area (Å²) in [4.78, 5) is 2.68. The maximum absolute atomic E-state index is 8.14. The predicted molar refractivity (Wildman–Crippen MR) is 65.3 cm³/mol. The molecule has 0 aliphatic carbocycles. The maximum atomic E-state index is 8.14. The van der Waals surface area contributed by atoms with Gasteiger partial charge in [-0.2, -0.15) is 0 Å². The number of para-hydroxylation sites is 1. The van der Waals surface area contributed by atoms with E-state index in [0.717, 1.165) is 11.3 Å². The molecule has 4 heteroatoms. The van der Waals surface area contributed by atoms with Crippen molar-refractivity contribution in [2.24, 2.45) is 5.11 Å². The molecule has 0 aliphatic heterocycles. The van der Waals surface area contributed by atoms with Crippen LogP contribution in [0.2, 0.25) is 0 Å². The van der Waals surface area contributed by atoms with Gasteiger partial charge in [0.2, 0.25) is 0 Å². The Morgan fingerprint density at radius 3 is 2.88 bits per heavy atom. The second-order valence-corrected chi connectivity index (χ2v) is 3.52. The Bertz CT molecular complexity index is 406. The highest BCUT2D eigenvalue weighted by molar-refractivity contribution is 5.57. The highest BCUT2D eigenvalue weighted by Gasteiger charge is 2.01. The van der Waals surface area contributed by atoms with Crippen LogP contribution in [0.4, 0.5) is 0 Å². The zero-order valence-electron chi connectivity index (χ0n) is 9.50. The third kappa shape index (κ3) is 4.07. The van der Waals surface area contributed by atoms with Crippen LogP contribution in [0.5, 0.6) is 5.75 Å². The Morgan fingerprint density at radius 1 is 1.44 bits per heavy atom. The highest BCUT2D eigenvalue weighted by atomic mass is 16.5. The molecule has 0 atom stereocenters. The molecule has 16 heavy (non-hydrogen) atoms. The van der Waals surface area contributed by atoms with Crippen molar-refractivity contribution in [1.82, 2.24) is 0 Å². The predicted octanol–water partition coefficient (Wildman–Crippen LogP) is 3.80. The smallest absolute Gasteiger partial charge is 0.126 e. The van der Waals surface area contributed by atoms with Crippen LogP contribution in [0.15, 0.2) is 35.5 Å². The summed E-state index contributed by atoms with van der Waals surface area (Å²) in [6.07, 6.45) is 3.85. The van der Waals surface area contributed by atoms with Gasteiger partial charge in [-0.05, 0) is 25.4 Å². The quantitative estimate of drug-likeness (QED) is 0.420. The van der Waals surface area contributed by atoms with Crippen LogP contribution in [-0.2, 0) is 0 Å². The van der Waals surface area contributed by atoms with Gasteiger partial charge in [-0.3, -0.25) is 0 Å². The summed E-state index contributed by atoms with van der Waals surface area (Å²) >= 11 is 0. The first-order chi connectivity index (χ1) is 7.74. The Balaban J connectivity index is 2.77. The van der Waals surface area contributed by atoms with Crippen LogP contribution < -0.4 is 4.74 Å². The molecular weight excluding hydrogens is 202 g/mol. The number of rotatable bonds is 5. The molecule has 0 aliphatic rings. The van der Waals surface area contributed by atoms with E-state index in [1.807, 2.05) is 50.3 Å². The van der Waals surface area contributed by atoms with E-state index in [1.54, 1.807) is 0 Å². The minimum Gasteiger partial charge on any atom is -0.490 e. The van der Waals surface area contributed by atoms with Gasteiger partial charge in [0.1, 0.15) is 5.75 Å². The molecule has 0 saturated carbocycles. The molecule has 0 unspecified atom stereocenters. The Morgan fingerprint density at radius 2 is 2.19 bits per heavy atom. The lowest BCUT2D eigenvalue weighted by Crippen LogP contribution is -2.06. The summed E-state index contributed by atoms with van der Waals surface area (Å²) in [5, 5.41) is 3.43. The summed E-state index contributed by atoms with van der Waals surface area (Å²) in [5.74, 6) is 0.842. The molecule has 0 amide bonds. The summed E-state index contributed by atoms with van der Waals surface area (Å²) in [7, 11) is 0. The minimum atomic E-state index is 0.145. The van der Waals surface area contributed by atoms with E-state index in [0.29, 0.717) is 6.54 Å². The SMILES string of the molecule is CC(C)Oc1ccccc1C=CCN=[N+]=[N-]. The largest absolute Gasteiger partial charge is 0.490 e. The number of ether oxygens (including phenoxy) is 1. The van der Waals surface area contributed by atoms with Gasteiger partial charge in [0.25, 0.3) is 0 Å². The molecule has 1 aromatic rings.